The van der Waals surface area contributed by atoms with Crippen molar-refractivity contribution in [2.24, 2.45) is 10.2 Å². The molecule has 0 aliphatic rings. The highest BCUT2D eigenvalue weighted by atomic mass is 32.1. The Hall–Kier alpha value is -1.67. The molecule has 106 valence electrons. The van der Waals surface area contributed by atoms with Gasteiger partial charge in [-0.1, -0.05) is 11.3 Å². The van der Waals surface area contributed by atoms with E-state index in [9.17, 15) is 5.11 Å². The largest absolute Gasteiger partial charge is 0.506 e. The van der Waals surface area contributed by atoms with Gasteiger partial charge in [-0.2, -0.15) is 12.6 Å². The summed E-state index contributed by atoms with van der Waals surface area (Å²) in [5, 5.41) is 26.9. The van der Waals surface area contributed by atoms with Crippen LogP contribution in [0.4, 0.5) is 16.5 Å². The van der Waals surface area contributed by atoms with E-state index in [1.54, 1.807) is 12.1 Å². The maximum atomic E-state index is 9.96. The molecule has 1 N–H and O–H groups in total. The maximum absolute atomic E-state index is 9.96. The molecule has 6 nitrogen and oxygen atoms in total. The molecule has 0 saturated carbocycles. The number of aromatic nitrogens is 2. The lowest BCUT2D eigenvalue weighted by Crippen LogP contribution is -2.19. The van der Waals surface area contributed by atoms with Crippen molar-refractivity contribution >= 4 is 40.5 Å². The molecule has 0 bridgehead atoms. The summed E-state index contributed by atoms with van der Waals surface area (Å²) in [6.07, 6.45) is 0. The van der Waals surface area contributed by atoms with Crippen molar-refractivity contribution in [3.63, 3.8) is 0 Å². The highest BCUT2D eigenvalue weighted by molar-refractivity contribution is 7.80. The van der Waals surface area contributed by atoms with Gasteiger partial charge in [0, 0.05) is 31.1 Å². The molecule has 0 radical (unpaired) electrons. The molecule has 0 amide bonds. The third-order valence-electron chi connectivity index (χ3n) is 2.59. The Morgan fingerprint density at radius 1 is 1.35 bits per heavy atom. The summed E-state index contributed by atoms with van der Waals surface area (Å²) < 4.78 is 0. The van der Waals surface area contributed by atoms with Gasteiger partial charge < -0.3 is 10.0 Å². The van der Waals surface area contributed by atoms with Crippen molar-refractivity contribution in [2.75, 3.05) is 24.2 Å². The van der Waals surface area contributed by atoms with E-state index in [4.69, 9.17) is 0 Å². The molecular weight excluding hydrogens is 294 g/mol. The number of aryl methyl sites for hydroxylation is 1. The Morgan fingerprint density at radius 3 is 2.75 bits per heavy atom. The summed E-state index contributed by atoms with van der Waals surface area (Å²) in [5.41, 5.74) is 1.31. The molecule has 0 atom stereocenters. The van der Waals surface area contributed by atoms with E-state index < -0.39 is 0 Å². The van der Waals surface area contributed by atoms with E-state index in [0.29, 0.717) is 10.8 Å². The van der Waals surface area contributed by atoms with Crippen molar-refractivity contribution in [3.8, 4) is 5.75 Å². The molecule has 1 aromatic heterocycles. The smallest absolute Gasteiger partial charge is 0.251 e. The molecule has 0 fully saturated rings. The molecule has 0 aliphatic carbocycles. The van der Waals surface area contributed by atoms with Crippen LogP contribution in [0.2, 0.25) is 0 Å². The van der Waals surface area contributed by atoms with Gasteiger partial charge in [0.25, 0.3) is 5.13 Å². The predicted octanol–water partition coefficient (Wildman–Crippen LogP) is 3.33. The van der Waals surface area contributed by atoms with Gasteiger partial charge in [0.05, 0.1) is 0 Å². The minimum atomic E-state index is 0.0819. The number of azo groups is 1. The molecular formula is C12H15N5OS2. The molecule has 2 rings (SSSR count). The lowest BCUT2D eigenvalue weighted by Gasteiger charge is -2.18. The molecule has 1 aromatic carbocycles. The standard InChI is InChI=1S/C12H15N5OS2/c1-8-13-15-12(20-8)16-14-10-4-3-9(7-11(10)18)17(2)5-6-19/h3-4,7,18-19H,5-6H2,1-2H3. The molecule has 2 aromatic rings. The highest BCUT2D eigenvalue weighted by Gasteiger charge is 2.06. The van der Waals surface area contributed by atoms with Crippen molar-refractivity contribution in [1.29, 1.82) is 0 Å². The molecule has 1 heterocycles. The second-order valence-electron chi connectivity index (χ2n) is 4.12. The fraction of sp³-hybridized carbons (Fsp3) is 0.333. The van der Waals surface area contributed by atoms with Crippen LogP contribution < -0.4 is 4.90 Å². The van der Waals surface area contributed by atoms with Gasteiger partial charge in [0.15, 0.2) is 0 Å². The average Bonchev–Trinajstić information content (AvgIpc) is 2.83. The number of hydrogen-bond acceptors (Lipinski definition) is 8. The van der Waals surface area contributed by atoms with Crippen molar-refractivity contribution in [2.45, 2.75) is 6.92 Å². The van der Waals surface area contributed by atoms with Gasteiger partial charge >= 0.3 is 0 Å². The molecule has 8 heteroatoms. The maximum Gasteiger partial charge on any atom is 0.251 e. The second-order valence-corrected chi connectivity index (χ2v) is 5.73. The minimum absolute atomic E-state index is 0.0819. The lowest BCUT2D eigenvalue weighted by atomic mass is 10.2. The molecule has 0 unspecified atom stereocenters. The Bertz CT molecular complexity index is 614. The number of thiol groups is 1. The molecule has 20 heavy (non-hydrogen) atoms. The van der Waals surface area contributed by atoms with Crippen molar-refractivity contribution in [3.05, 3.63) is 23.2 Å². The Kier molecular flexibility index (Phi) is 4.91. The van der Waals surface area contributed by atoms with Crippen LogP contribution in [-0.4, -0.2) is 34.6 Å². The first-order valence-electron chi connectivity index (χ1n) is 5.97. The number of nitrogens with zero attached hydrogens (tertiary/aromatic N) is 5. The summed E-state index contributed by atoms with van der Waals surface area (Å²) in [6, 6.07) is 5.25. The summed E-state index contributed by atoms with van der Waals surface area (Å²) in [5.74, 6) is 0.827. The zero-order valence-corrected chi connectivity index (χ0v) is 12.9. The van der Waals surface area contributed by atoms with Gasteiger partial charge in [0.2, 0.25) is 0 Å². The van der Waals surface area contributed by atoms with Crippen LogP contribution in [0.25, 0.3) is 0 Å². The number of aromatic hydroxyl groups is 1. The summed E-state index contributed by atoms with van der Waals surface area (Å²) in [7, 11) is 1.94. The molecule has 0 spiro atoms. The van der Waals surface area contributed by atoms with Gasteiger partial charge in [0.1, 0.15) is 16.4 Å². The van der Waals surface area contributed by atoms with Gasteiger partial charge in [-0.25, -0.2) is 0 Å². The SMILES string of the molecule is Cc1nnc(N=Nc2ccc(N(C)CCS)cc2O)s1. The minimum Gasteiger partial charge on any atom is -0.506 e. The Morgan fingerprint density at radius 2 is 2.15 bits per heavy atom. The monoisotopic (exact) mass is 309 g/mol. The quantitative estimate of drug-likeness (QED) is 0.656. The number of phenols is 1. The van der Waals surface area contributed by atoms with Crippen LogP contribution in [0.5, 0.6) is 5.75 Å². The van der Waals surface area contributed by atoms with Crippen LogP contribution in [0.15, 0.2) is 28.4 Å². The van der Waals surface area contributed by atoms with Crippen LogP contribution in [0, 0.1) is 6.92 Å². The van der Waals surface area contributed by atoms with Crippen LogP contribution in [-0.2, 0) is 0 Å². The van der Waals surface area contributed by atoms with E-state index in [-0.39, 0.29) is 5.75 Å². The van der Waals surface area contributed by atoms with Crippen LogP contribution in [0.3, 0.4) is 0 Å². The Balaban J connectivity index is 2.15. The molecule has 0 aliphatic heterocycles. The number of rotatable bonds is 5. The third-order valence-corrected chi connectivity index (χ3v) is 3.52. The number of anilines is 1. The third kappa shape index (κ3) is 3.67. The van der Waals surface area contributed by atoms with Crippen molar-refractivity contribution < 1.29 is 5.11 Å². The van der Waals surface area contributed by atoms with E-state index in [1.807, 2.05) is 24.9 Å². The highest BCUT2D eigenvalue weighted by Crippen LogP contribution is 2.32. The van der Waals surface area contributed by atoms with Crippen molar-refractivity contribution in [1.82, 2.24) is 10.2 Å². The fourth-order valence-corrected chi connectivity index (χ4v) is 2.35. The van der Waals surface area contributed by atoms with Gasteiger partial charge in [-0.15, -0.1) is 20.4 Å². The second kappa shape index (κ2) is 6.67. The fourth-order valence-electron chi connectivity index (χ4n) is 1.54. The lowest BCUT2D eigenvalue weighted by molar-refractivity contribution is 0.476. The Labute approximate surface area is 126 Å². The van der Waals surface area contributed by atoms with E-state index in [0.717, 1.165) is 23.0 Å². The van der Waals surface area contributed by atoms with E-state index >= 15 is 0 Å². The van der Waals surface area contributed by atoms with Crippen LogP contribution >= 0.6 is 24.0 Å². The summed E-state index contributed by atoms with van der Waals surface area (Å²) >= 11 is 5.53. The topological polar surface area (TPSA) is 74.0 Å². The predicted molar refractivity (Wildman–Crippen MR) is 84.1 cm³/mol. The molecule has 0 saturated heterocycles. The average molecular weight is 309 g/mol. The normalized spacial score (nSPS) is 11.2. The van der Waals surface area contributed by atoms with E-state index in [1.165, 1.54) is 11.3 Å². The first-order chi connectivity index (χ1) is 9.60. The zero-order chi connectivity index (χ0) is 14.5. The number of benzene rings is 1. The van der Waals surface area contributed by atoms with E-state index in [2.05, 4.69) is 33.1 Å². The number of hydrogen-bond donors (Lipinski definition) is 2. The first kappa shape index (κ1) is 14.7. The van der Waals surface area contributed by atoms with Gasteiger partial charge in [-0.05, 0) is 19.1 Å². The summed E-state index contributed by atoms with van der Waals surface area (Å²) in [6.45, 7) is 2.65. The summed E-state index contributed by atoms with van der Waals surface area (Å²) in [4.78, 5) is 2.00. The van der Waals surface area contributed by atoms with Gasteiger partial charge in [-0.3, -0.25) is 0 Å². The zero-order valence-electron chi connectivity index (χ0n) is 11.2. The number of phenolic OH excluding ortho intramolecular Hbond substituents is 1. The van der Waals surface area contributed by atoms with Crippen LogP contribution in [0.1, 0.15) is 5.01 Å². The first-order valence-corrected chi connectivity index (χ1v) is 7.42.